The number of hydrogen-bond donors (Lipinski definition) is 1. The second kappa shape index (κ2) is 6.16. The topological polar surface area (TPSA) is 64.8 Å². The third-order valence-corrected chi connectivity index (χ3v) is 4.27. The molecule has 0 radical (unpaired) electrons. The molecule has 122 valence electrons. The van der Waals surface area contributed by atoms with E-state index in [0.717, 1.165) is 5.56 Å². The van der Waals surface area contributed by atoms with Gasteiger partial charge in [0.25, 0.3) is 0 Å². The Morgan fingerprint density at radius 1 is 1.23 bits per heavy atom. The number of likely N-dealkylation sites (tertiary alicyclic amines) is 1. The second-order valence-corrected chi connectivity index (χ2v) is 6.78. The van der Waals surface area contributed by atoms with Gasteiger partial charge in [0.15, 0.2) is 11.5 Å². The highest BCUT2D eigenvalue weighted by molar-refractivity contribution is 5.79. The lowest BCUT2D eigenvalue weighted by molar-refractivity contribution is -0.131. The Bertz CT molecular complexity index is 551. The normalized spacial score (nSPS) is 20.2. The highest BCUT2D eigenvalue weighted by Crippen LogP contribution is 2.36. The van der Waals surface area contributed by atoms with Crippen LogP contribution in [0.4, 0.5) is 0 Å². The molecule has 1 aliphatic rings. The number of methoxy groups -OCH3 is 2. The van der Waals surface area contributed by atoms with Crippen molar-refractivity contribution >= 4 is 5.91 Å². The first-order valence-electron chi connectivity index (χ1n) is 7.56. The van der Waals surface area contributed by atoms with Gasteiger partial charge in [0.05, 0.1) is 14.2 Å². The predicted octanol–water partition coefficient (Wildman–Crippen LogP) is 2.35. The average Bonchev–Trinajstić information content (AvgIpc) is 2.87. The zero-order valence-corrected chi connectivity index (χ0v) is 14.1. The number of nitrogens with two attached hydrogens (primary N) is 1. The summed E-state index contributed by atoms with van der Waals surface area (Å²) in [6.07, 6.45) is 0.493. The molecule has 2 unspecified atom stereocenters. The van der Waals surface area contributed by atoms with Crippen LogP contribution in [0.25, 0.3) is 0 Å². The van der Waals surface area contributed by atoms with Crippen LogP contribution in [0.3, 0.4) is 0 Å². The van der Waals surface area contributed by atoms with E-state index in [0.29, 0.717) is 24.5 Å². The number of carbonyl (C=O) groups is 1. The molecule has 1 aromatic carbocycles. The number of amides is 1. The van der Waals surface area contributed by atoms with Gasteiger partial charge in [-0.25, -0.2) is 0 Å². The van der Waals surface area contributed by atoms with Crippen LogP contribution in [0.2, 0.25) is 0 Å². The van der Waals surface area contributed by atoms with Crippen LogP contribution < -0.4 is 15.2 Å². The Morgan fingerprint density at radius 2 is 1.86 bits per heavy atom. The molecule has 22 heavy (non-hydrogen) atoms. The Hall–Kier alpha value is -1.75. The van der Waals surface area contributed by atoms with Crippen LogP contribution >= 0.6 is 0 Å². The molecule has 0 saturated carbocycles. The molecular formula is C17H26N2O3. The summed E-state index contributed by atoms with van der Waals surface area (Å²) >= 11 is 0. The molecule has 1 amide bonds. The molecule has 2 atom stereocenters. The number of ether oxygens (including phenoxy) is 2. The summed E-state index contributed by atoms with van der Waals surface area (Å²) in [5.74, 6) is 1.63. The first kappa shape index (κ1) is 16.6. The molecule has 1 saturated heterocycles. The van der Waals surface area contributed by atoms with Gasteiger partial charge in [-0.05, 0) is 38.5 Å². The van der Waals surface area contributed by atoms with Gasteiger partial charge in [0.1, 0.15) is 0 Å². The third kappa shape index (κ3) is 3.19. The zero-order valence-electron chi connectivity index (χ0n) is 14.1. The van der Waals surface area contributed by atoms with Gasteiger partial charge in [-0.1, -0.05) is 6.07 Å². The lowest BCUT2D eigenvalue weighted by Crippen LogP contribution is -2.42. The summed E-state index contributed by atoms with van der Waals surface area (Å²) < 4.78 is 10.6. The smallest absolute Gasteiger partial charge is 0.223 e. The van der Waals surface area contributed by atoms with Gasteiger partial charge >= 0.3 is 0 Å². The zero-order chi connectivity index (χ0) is 16.5. The van der Waals surface area contributed by atoms with Crippen LogP contribution in [-0.2, 0) is 4.79 Å². The number of benzene rings is 1. The molecule has 1 heterocycles. The minimum absolute atomic E-state index is 0.116. The number of hydrogen-bond acceptors (Lipinski definition) is 4. The SMILES string of the molecule is COc1ccc(C(N)C2CC(=O)N(C(C)(C)C)C2)cc1OC. The van der Waals surface area contributed by atoms with E-state index in [9.17, 15) is 4.79 Å². The van der Waals surface area contributed by atoms with E-state index >= 15 is 0 Å². The van der Waals surface area contributed by atoms with Crippen molar-refractivity contribution in [1.82, 2.24) is 4.90 Å². The Balaban J connectivity index is 2.19. The van der Waals surface area contributed by atoms with Crippen molar-refractivity contribution in [2.75, 3.05) is 20.8 Å². The average molecular weight is 306 g/mol. The minimum Gasteiger partial charge on any atom is -0.493 e. The first-order chi connectivity index (χ1) is 10.3. The Labute approximate surface area is 132 Å². The van der Waals surface area contributed by atoms with Gasteiger partial charge in [0, 0.05) is 30.5 Å². The summed E-state index contributed by atoms with van der Waals surface area (Å²) in [7, 11) is 3.21. The van der Waals surface area contributed by atoms with Crippen LogP contribution in [0, 0.1) is 5.92 Å². The molecule has 1 aromatic rings. The molecule has 0 bridgehead atoms. The summed E-state index contributed by atoms with van der Waals surface area (Å²) in [5, 5.41) is 0. The molecule has 2 N–H and O–H groups in total. The maximum Gasteiger partial charge on any atom is 0.223 e. The van der Waals surface area contributed by atoms with Gasteiger partial charge in [-0.2, -0.15) is 0 Å². The molecular weight excluding hydrogens is 280 g/mol. The fourth-order valence-electron chi connectivity index (χ4n) is 2.96. The van der Waals surface area contributed by atoms with E-state index in [-0.39, 0.29) is 23.4 Å². The third-order valence-electron chi connectivity index (χ3n) is 4.27. The second-order valence-electron chi connectivity index (χ2n) is 6.78. The number of nitrogens with zero attached hydrogens (tertiary/aromatic N) is 1. The van der Waals surface area contributed by atoms with Crippen molar-refractivity contribution in [2.24, 2.45) is 11.7 Å². The monoisotopic (exact) mass is 306 g/mol. The molecule has 2 rings (SSSR count). The summed E-state index contributed by atoms with van der Waals surface area (Å²) in [6.45, 7) is 6.84. The van der Waals surface area contributed by atoms with Gasteiger partial charge in [0.2, 0.25) is 5.91 Å². The fourth-order valence-corrected chi connectivity index (χ4v) is 2.96. The quantitative estimate of drug-likeness (QED) is 0.927. The van der Waals surface area contributed by atoms with Crippen molar-refractivity contribution in [3.63, 3.8) is 0 Å². The molecule has 1 fully saturated rings. The molecule has 5 nitrogen and oxygen atoms in total. The molecule has 0 aliphatic carbocycles. The molecule has 5 heteroatoms. The van der Waals surface area contributed by atoms with Gasteiger partial charge in [-0.3, -0.25) is 4.79 Å². The molecule has 0 spiro atoms. The summed E-state index contributed by atoms with van der Waals surface area (Å²) in [5.41, 5.74) is 7.21. The fraction of sp³-hybridized carbons (Fsp3) is 0.588. The van der Waals surface area contributed by atoms with Crippen molar-refractivity contribution in [3.8, 4) is 11.5 Å². The standard InChI is InChI=1S/C17H26N2O3/c1-17(2,3)19-10-12(9-15(19)20)16(18)11-6-7-13(21-4)14(8-11)22-5/h6-8,12,16H,9-10,18H2,1-5H3. The lowest BCUT2D eigenvalue weighted by Gasteiger charge is -2.32. The van der Waals surface area contributed by atoms with Gasteiger partial charge < -0.3 is 20.1 Å². The van der Waals surface area contributed by atoms with Crippen molar-refractivity contribution < 1.29 is 14.3 Å². The summed E-state index contributed by atoms with van der Waals surface area (Å²) in [4.78, 5) is 14.1. The van der Waals surface area contributed by atoms with E-state index in [1.165, 1.54) is 0 Å². The van der Waals surface area contributed by atoms with Gasteiger partial charge in [-0.15, -0.1) is 0 Å². The highest BCUT2D eigenvalue weighted by atomic mass is 16.5. The van der Waals surface area contributed by atoms with Crippen molar-refractivity contribution in [1.29, 1.82) is 0 Å². The Kier molecular flexibility index (Phi) is 4.66. The molecule has 0 aromatic heterocycles. The van der Waals surface area contributed by atoms with E-state index in [1.807, 2.05) is 23.1 Å². The van der Waals surface area contributed by atoms with E-state index in [1.54, 1.807) is 14.2 Å². The van der Waals surface area contributed by atoms with Crippen molar-refractivity contribution in [3.05, 3.63) is 23.8 Å². The van der Waals surface area contributed by atoms with E-state index in [2.05, 4.69) is 20.8 Å². The van der Waals surface area contributed by atoms with Crippen LogP contribution in [0.5, 0.6) is 11.5 Å². The van der Waals surface area contributed by atoms with E-state index < -0.39 is 0 Å². The van der Waals surface area contributed by atoms with Crippen LogP contribution in [0.15, 0.2) is 18.2 Å². The highest BCUT2D eigenvalue weighted by Gasteiger charge is 2.39. The predicted molar refractivity (Wildman–Crippen MR) is 86.0 cm³/mol. The van der Waals surface area contributed by atoms with E-state index in [4.69, 9.17) is 15.2 Å². The molecule has 1 aliphatic heterocycles. The lowest BCUT2D eigenvalue weighted by atomic mass is 9.92. The Morgan fingerprint density at radius 3 is 2.36 bits per heavy atom. The maximum atomic E-state index is 12.2. The largest absolute Gasteiger partial charge is 0.493 e. The minimum atomic E-state index is -0.198. The number of carbonyl (C=O) groups excluding carboxylic acids is 1. The maximum absolute atomic E-state index is 12.2. The number of rotatable bonds is 4. The first-order valence-corrected chi connectivity index (χ1v) is 7.56. The van der Waals surface area contributed by atoms with Crippen LogP contribution in [-0.4, -0.2) is 37.1 Å². The summed E-state index contributed by atoms with van der Waals surface area (Å²) in [6, 6.07) is 5.49. The van der Waals surface area contributed by atoms with Crippen molar-refractivity contribution in [2.45, 2.75) is 38.8 Å². The van der Waals surface area contributed by atoms with Crippen LogP contribution in [0.1, 0.15) is 38.8 Å².